The van der Waals surface area contributed by atoms with Gasteiger partial charge in [-0.2, -0.15) is 0 Å². The van der Waals surface area contributed by atoms with E-state index in [0.717, 1.165) is 6.54 Å². The molecule has 1 unspecified atom stereocenters. The quantitative estimate of drug-likeness (QED) is 0.575. The minimum Gasteiger partial charge on any atom is -0.392 e. The lowest BCUT2D eigenvalue weighted by atomic mass is 10.3. The van der Waals surface area contributed by atoms with Gasteiger partial charge in [0.2, 0.25) is 0 Å². The molecular formula is C7H17NO2. The molecule has 3 heteroatoms. The molecule has 0 aliphatic rings. The van der Waals surface area contributed by atoms with Crippen LogP contribution in [0.25, 0.3) is 0 Å². The van der Waals surface area contributed by atoms with E-state index in [2.05, 4.69) is 5.32 Å². The van der Waals surface area contributed by atoms with E-state index < -0.39 is 0 Å². The van der Waals surface area contributed by atoms with E-state index >= 15 is 0 Å². The minimum absolute atomic E-state index is 0.221. The Morgan fingerprint density at radius 1 is 1.40 bits per heavy atom. The van der Waals surface area contributed by atoms with Crippen LogP contribution in [0.15, 0.2) is 0 Å². The van der Waals surface area contributed by atoms with Crippen LogP contribution < -0.4 is 5.32 Å². The molecule has 0 fully saturated rings. The van der Waals surface area contributed by atoms with Crippen molar-refractivity contribution >= 4 is 0 Å². The van der Waals surface area contributed by atoms with Crippen LogP contribution in [0.5, 0.6) is 0 Å². The molecule has 0 aromatic heterocycles. The Morgan fingerprint density at radius 3 is 2.40 bits per heavy atom. The Bertz CT molecular complexity index is 76.0. The molecule has 10 heavy (non-hydrogen) atoms. The maximum Gasteiger partial charge on any atom is 0.0667 e. The fraction of sp³-hybridized carbons (Fsp3) is 1.00. The number of rotatable bonds is 5. The van der Waals surface area contributed by atoms with Crippen LogP contribution in [-0.4, -0.2) is 37.5 Å². The van der Waals surface area contributed by atoms with Gasteiger partial charge in [-0.25, -0.2) is 0 Å². The Labute approximate surface area is 62.4 Å². The third-order valence-electron chi connectivity index (χ3n) is 1.27. The van der Waals surface area contributed by atoms with E-state index in [1.165, 1.54) is 0 Å². The molecular weight excluding hydrogens is 130 g/mol. The highest BCUT2D eigenvalue weighted by Gasteiger charge is 1.98. The number of aliphatic hydroxyl groups excluding tert-OH is 1. The van der Waals surface area contributed by atoms with Crippen molar-refractivity contribution < 1.29 is 9.84 Å². The van der Waals surface area contributed by atoms with Crippen LogP contribution in [0.2, 0.25) is 0 Å². The van der Waals surface area contributed by atoms with Crippen molar-refractivity contribution in [2.45, 2.75) is 26.1 Å². The van der Waals surface area contributed by atoms with E-state index in [1.54, 1.807) is 14.0 Å². The monoisotopic (exact) mass is 147 g/mol. The number of methoxy groups -OCH3 is 1. The summed E-state index contributed by atoms with van der Waals surface area (Å²) in [6, 6.07) is 0. The number of ether oxygens (including phenoxy) is 1. The maximum atomic E-state index is 8.83. The number of nitrogens with one attached hydrogen (secondary N) is 1. The predicted molar refractivity (Wildman–Crippen MR) is 41.0 cm³/mol. The fourth-order valence-electron chi connectivity index (χ4n) is 0.579. The Morgan fingerprint density at radius 2 is 2.00 bits per heavy atom. The first-order chi connectivity index (χ1) is 4.66. The van der Waals surface area contributed by atoms with Gasteiger partial charge in [0.1, 0.15) is 0 Å². The summed E-state index contributed by atoms with van der Waals surface area (Å²) in [6.45, 7) is 5.16. The van der Waals surface area contributed by atoms with Gasteiger partial charge in [0.25, 0.3) is 0 Å². The highest BCUT2D eigenvalue weighted by molar-refractivity contribution is 4.56. The van der Waals surface area contributed by atoms with Gasteiger partial charge < -0.3 is 15.2 Å². The van der Waals surface area contributed by atoms with Gasteiger partial charge in [-0.05, 0) is 13.8 Å². The van der Waals surface area contributed by atoms with Crippen LogP contribution >= 0.6 is 0 Å². The van der Waals surface area contributed by atoms with Crippen molar-refractivity contribution in [2.24, 2.45) is 0 Å². The number of aliphatic hydroxyl groups is 1. The second-order valence-electron chi connectivity index (χ2n) is 2.55. The molecule has 0 spiro atoms. The van der Waals surface area contributed by atoms with Crippen LogP contribution in [0.4, 0.5) is 0 Å². The van der Waals surface area contributed by atoms with Crippen molar-refractivity contribution in [2.75, 3.05) is 20.2 Å². The van der Waals surface area contributed by atoms with Gasteiger partial charge in [-0.15, -0.1) is 0 Å². The van der Waals surface area contributed by atoms with Gasteiger partial charge in [-0.1, -0.05) is 0 Å². The molecule has 0 heterocycles. The van der Waals surface area contributed by atoms with Gasteiger partial charge >= 0.3 is 0 Å². The van der Waals surface area contributed by atoms with E-state index in [-0.39, 0.29) is 12.2 Å². The van der Waals surface area contributed by atoms with Gasteiger partial charge in [-0.3, -0.25) is 0 Å². The maximum absolute atomic E-state index is 8.83. The van der Waals surface area contributed by atoms with Gasteiger partial charge in [0.15, 0.2) is 0 Å². The summed E-state index contributed by atoms with van der Waals surface area (Å²) in [5, 5.41) is 11.9. The van der Waals surface area contributed by atoms with E-state index in [9.17, 15) is 0 Å². The molecule has 2 N–H and O–H groups in total. The largest absolute Gasteiger partial charge is 0.392 e. The molecule has 2 atom stereocenters. The third kappa shape index (κ3) is 6.01. The smallest absolute Gasteiger partial charge is 0.0667 e. The average molecular weight is 147 g/mol. The Hall–Kier alpha value is -0.120. The molecule has 0 saturated heterocycles. The topological polar surface area (TPSA) is 41.5 Å². The van der Waals surface area contributed by atoms with Crippen molar-refractivity contribution in [3.8, 4) is 0 Å². The van der Waals surface area contributed by atoms with Crippen molar-refractivity contribution in [1.82, 2.24) is 5.32 Å². The van der Waals surface area contributed by atoms with Crippen molar-refractivity contribution in [1.29, 1.82) is 0 Å². The summed E-state index contributed by atoms with van der Waals surface area (Å²) in [6.07, 6.45) is -0.0530. The van der Waals surface area contributed by atoms with Gasteiger partial charge in [0, 0.05) is 20.2 Å². The van der Waals surface area contributed by atoms with Crippen molar-refractivity contribution in [3.63, 3.8) is 0 Å². The second-order valence-corrected chi connectivity index (χ2v) is 2.55. The molecule has 0 bridgehead atoms. The summed E-state index contributed by atoms with van der Waals surface area (Å²) in [7, 11) is 1.68. The molecule has 0 amide bonds. The first-order valence-corrected chi connectivity index (χ1v) is 3.58. The lowest BCUT2D eigenvalue weighted by molar-refractivity contribution is 0.111. The SMILES string of the molecule is COC(C)CNC[C@@H](C)O. The standard InChI is InChI=1S/C7H17NO2/c1-6(9)4-8-5-7(2)10-3/h6-9H,4-5H2,1-3H3/t6-,7?/m1/s1. The minimum atomic E-state index is -0.274. The molecule has 0 aliphatic carbocycles. The number of hydrogen-bond acceptors (Lipinski definition) is 3. The fourth-order valence-corrected chi connectivity index (χ4v) is 0.579. The summed E-state index contributed by atoms with van der Waals surface area (Å²) in [5.74, 6) is 0. The van der Waals surface area contributed by atoms with E-state index in [1.807, 2.05) is 6.92 Å². The van der Waals surface area contributed by atoms with Crippen LogP contribution in [-0.2, 0) is 4.74 Å². The molecule has 0 aliphatic heterocycles. The lowest BCUT2D eigenvalue weighted by Crippen LogP contribution is -2.31. The lowest BCUT2D eigenvalue weighted by Gasteiger charge is -2.11. The first kappa shape index (κ1) is 9.88. The highest BCUT2D eigenvalue weighted by Crippen LogP contribution is 1.83. The molecule has 0 rings (SSSR count). The van der Waals surface area contributed by atoms with Gasteiger partial charge in [0.05, 0.1) is 12.2 Å². The van der Waals surface area contributed by atoms with Crippen LogP contribution in [0.3, 0.4) is 0 Å². The third-order valence-corrected chi connectivity index (χ3v) is 1.27. The molecule has 0 radical (unpaired) electrons. The average Bonchev–Trinajstić information content (AvgIpc) is 1.87. The number of hydrogen-bond donors (Lipinski definition) is 2. The molecule has 0 aromatic rings. The molecule has 0 saturated carbocycles. The predicted octanol–water partition coefficient (Wildman–Crippen LogP) is -0.00830. The van der Waals surface area contributed by atoms with E-state index in [4.69, 9.17) is 9.84 Å². The van der Waals surface area contributed by atoms with Crippen LogP contribution in [0.1, 0.15) is 13.8 Å². The normalized spacial score (nSPS) is 16.8. The zero-order valence-electron chi connectivity index (χ0n) is 6.92. The summed E-state index contributed by atoms with van der Waals surface area (Å²) in [4.78, 5) is 0. The molecule has 0 aromatic carbocycles. The second kappa shape index (κ2) is 5.65. The molecule has 62 valence electrons. The molecule has 3 nitrogen and oxygen atoms in total. The van der Waals surface area contributed by atoms with E-state index in [0.29, 0.717) is 6.54 Å². The highest BCUT2D eigenvalue weighted by atomic mass is 16.5. The summed E-state index contributed by atoms with van der Waals surface area (Å²) in [5.41, 5.74) is 0. The Kier molecular flexibility index (Phi) is 5.58. The summed E-state index contributed by atoms with van der Waals surface area (Å²) >= 11 is 0. The first-order valence-electron chi connectivity index (χ1n) is 3.58. The zero-order chi connectivity index (χ0) is 7.98. The zero-order valence-corrected chi connectivity index (χ0v) is 6.92. The van der Waals surface area contributed by atoms with Crippen LogP contribution in [0, 0.1) is 0 Å². The summed E-state index contributed by atoms with van der Waals surface area (Å²) < 4.78 is 4.99. The van der Waals surface area contributed by atoms with Crippen molar-refractivity contribution in [3.05, 3.63) is 0 Å². The Balaban J connectivity index is 3.03.